The minimum atomic E-state index is 0.216. The van der Waals surface area contributed by atoms with Gasteiger partial charge in [0.05, 0.1) is 7.11 Å². The van der Waals surface area contributed by atoms with Gasteiger partial charge < -0.3 is 10.1 Å². The number of methoxy groups -OCH3 is 1. The van der Waals surface area contributed by atoms with Crippen molar-refractivity contribution in [3.8, 4) is 12.0 Å². The highest BCUT2D eigenvalue weighted by Crippen LogP contribution is 2.19. The zero-order valence-electron chi connectivity index (χ0n) is 12.7. The molecule has 3 rings (SSSR count). The number of nitrogens with one attached hydrogen (secondary N) is 1. The number of rotatable bonds is 6. The van der Waals surface area contributed by atoms with E-state index in [4.69, 9.17) is 4.74 Å². The van der Waals surface area contributed by atoms with E-state index >= 15 is 0 Å². The van der Waals surface area contributed by atoms with E-state index in [-0.39, 0.29) is 6.01 Å². The SMILES string of the molecule is CNc1nc(OC)nc(-n2cnc(SCc3ccccc3)n2)n1. The van der Waals surface area contributed by atoms with Gasteiger partial charge >= 0.3 is 6.01 Å². The highest BCUT2D eigenvalue weighted by molar-refractivity contribution is 7.98. The standard InChI is InChI=1S/C14H15N7OS/c1-15-11-17-12(19-13(18-11)22-2)21-9-16-14(20-21)23-8-10-6-4-3-5-7-10/h3-7,9H,8H2,1-2H3,(H,15,17,18,19). The van der Waals surface area contributed by atoms with Crippen molar-refractivity contribution in [3.05, 3.63) is 42.2 Å². The Bertz CT molecular complexity index is 756. The zero-order chi connectivity index (χ0) is 16.1. The molecule has 0 amide bonds. The molecule has 1 N–H and O–H groups in total. The lowest BCUT2D eigenvalue weighted by atomic mass is 10.2. The summed E-state index contributed by atoms with van der Waals surface area (Å²) in [6, 6.07) is 10.4. The largest absolute Gasteiger partial charge is 0.467 e. The van der Waals surface area contributed by atoms with Crippen LogP contribution in [0.3, 0.4) is 0 Å². The van der Waals surface area contributed by atoms with Gasteiger partial charge in [-0.05, 0) is 5.56 Å². The van der Waals surface area contributed by atoms with Crippen LogP contribution in [-0.4, -0.2) is 43.9 Å². The molecular weight excluding hydrogens is 314 g/mol. The molecule has 0 aliphatic heterocycles. The smallest absolute Gasteiger partial charge is 0.322 e. The predicted octanol–water partition coefficient (Wildman–Crippen LogP) is 1.79. The summed E-state index contributed by atoms with van der Waals surface area (Å²) in [6.45, 7) is 0. The van der Waals surface area contributed by atoms with Crippen LogP contribution in [-0.2, 0) is 5.75 Å². The highest BCUT2D eigenvalue weighted by atomic mass is 32.2. The Morgan fingerprint density at radius 2 is 2.00 bits per heavy atom. The number of anilines is 1. The van der Waals surface area contributed by atoms with Crippen LogP contribution in [0, 0.1) is 0 Å². The highest BCUT2D eigenvalue weighted by Gasteiger charge is 2.10. The number of hydrogen-bond acceptors (Lipinski definition) is 8. The Labute approximate surface area is 137 Å². The minimum Gasteiger partial charge on any atom is -0.467 e. The van der Waals surface area contributed by atoms with Crippen molar-refractivity contribution in [2.75, 3.05) is 19.5 Å². The Morgan fingerprint density at radius 1 is 1.17 bits per heavy atom. The van der Waals surface area contributed by atoms with Gasteiger partial charge in [-0.3, -0.25) is 0 Å². The van der Waals surface area contributed by atoms with E-state index < -0.39 is 0 Å². The first-order valence-electron chi connectivity index (χ1n) is 6.85. The second kappa shape index (κ2) is 7.05. The lowest BCUT2D eigenvalue weighted by Gasteiger charge is -2.04. The molecule has 2 heterocycles. The van der Waals surface area contributed by atoms with E-state index in [1.807, 2.05) is 18.2 Å². The Balaban J connectivity index is 1.76. The molecular formula is C14H15N7OS. The summed E-state index contributed by atoms with van der Waals surface area (Å²) in [5.74, 6) is 1.55. The Hall–Kier alpha value is -2.68. The second-order valence-electron chi connectivity index (χ2n) is 4.44. The molecule has 0 radical (unpaired) electrons. The fourth-order valence-corrected chi connectivity index (χ4v) is 2.54. The molecule has 8 nitrogen and oxygen atoms in total. The third-order valence-electron chi connectivity index (χ3n) is 2.90. The van der Waals surface area contributed by atoms with Gasteiger partial charge in [-0.2, -0.15) is 19.6 Å². The average molecular weight is 329 g/mol. The van der Waals surface area contributed by atoms with Gasteiger partial charge in [0.1, 0.15) is 6.33 Å². The van der Waals surface area contributed by atoms with Gasteiger partial charge in [-0.15, -0.1) is 5.10 Å². The zero-order valence-corrected chi connectivity index (χ0v) is 13.5. The molecule has 1 aromatic carbocycles. The molecule has 9 heteroatoms. The van der Waals surface area contributed by atoms with E-state index in [2.05, 4.69) is 42.5 Å². The monoisotopic (exact) mass is 329 g/mol. The maximum atomic E-state index is 5.06. The summed E-state index contributed by atoms with van der Waals surface area (Å²) >= 11 is 1.55. The lowest BCUT2D eigenvalue weighted by molar-refractivity contribution is 0.377. The molecule has 0 fully saturated rings. The molecule has 0 saturated heterocycles. The van der Waals surface area contributed by atoms with Crippen molar-refractivity contribution in [3.63, 3.8) is 0 Å². The van der Waals surface area contributed by atoms with Gasteiger partial charge in [0.2, 0.25) is 11.1 Å². The molecule has 0 unspecified atom stereocenters. The lowest BCUT2D eigenvalue weighted by Crippen LogP contribution is -2.08. The third-order valence-corrected chi connectivity index (χ3v) is 3.82. The molecule has 118 valence electrons. The number of ether oxygens (including phenoxy) is 1. The van der Waals surface area contributed by atoms with Gasteiger partial charge in [-0.1, -0.05) is 42.1 Å². The van der Waals surface area contributed by atoms with Crippen molar-refractivity contribution in [1.82, 2.24) is 29.7 Å². The topological polar surface area (TPSA) is 90.6 Å². The van der Waals surface area contributed by atoms with Crippen LogP contribution in [0.25, 0.3) is 5.95 Å². The molecule has 23 heavy (non-hydrogen) atoms. The summed E-state index contributed by atoms with van der Waals surface area (Å²) < 4.78 is 6.56. The Kier molecular flexibility index (Phi) is 4.67. The van der Waals surface area contributed by atoms with Crippen LogP contribution in [0.4, 0.5) is 5.95 Å². The normalized spacial score (nSPS) is 10.5. The van der Waals surface area contributed by atoms with E-state index in [1.165, 1.54) is 17.4 Å². The van der Waals surface area contributed by atoms with Gasteiger partial charge in [0.25, 0.3) is 5.95 Å². The molecule has 2 aromatic heterocycles. The van der Waals surface area contributed by atoms with Crippen LogP contribution in [0.2, 0.25) is 0 Å². The van der Waals surface area contributed by atoms with Crippen molar-refractivity contribution in [2.45, 2.75) is 10.9 Å². The first kappa shape index (κ1) is 15.2. The quantitative estimate of drug-likeness (QED) is 0.685. The maximum Gasteiger partial charge on any atom is 0.322 e. The molecule has 0 aliphatic rings. The molecule has 0 atom stereocenters. The molecule has 0 saturated carbocycles. The van der Waals surface area contributed by atoms with E-state index in [1.54, 1.807) is 25.1 Å². The van der Waals surface area contributed by atoms with E-state index in [9.17, 15) is 0 Å². The summed E-state index contributed by atoms with van der Waals surface area (Å²) in [5, 5.41) is 7.89. The number of thioether (sulfide) groups is 1. The van der Waals surface area contributed by atoms with E-state index in [0.29, 0.717) is 17.1 Å². The first-order chi connectivity index (χ1) is 11.3. The number of nitrogens with zero attached hydrogens (tertiary/aromatic N) is 6. The average Bonchev–Trinajstić information content (AvgIpc) is 3.09. The van der Waals surface area contributed by atoms with Crippen LogP contribution in [0.15, 0.2) is 41.8 Å². The molecule has 0 spiro atoms. The number of aromatic nitrogens is 6. The fraction of sp³-hybridized carbons (Fsp3) is 0.214. The van der Waals surface area contributed by atoms with Crippen molar-refractivity contribution in [1.29, 1.82) is 0 Å². The summed E-state index contributed by atoms with van der Waals surface area (Å²) in [4.78, 5) is 16.7. The van der Waals surface area contributed by atoms with E-state index in [0.717, 1.165) is 5.75 Å². The summed E-state index contributed by atoms with van der Waals surface area (Å²) in [6.07, 6.45) is 1.57. The van der Waals surface area contributed by atoms with Crippen LogP contribution < -0.4 is 10.1 Å². The minimum absolute atomic E-state index is 0.216. The third kappa shape index (κ3) is 3.75. The van der Waals surface area contributed by atoms with Crippen LogP contribution >= 0.6 is 11.8 Å². The van der Waals surface area contributed by atoms with Crippen molar-refractivity contribution in [2.24, 2.45) is 0 Å². The predicted molar refractivity (Wildman–Crippen MR) is 86.8 cm³/mol. The van der Waals surface area contributed by atoms with Gasteiger partial charge in [0.15, 0.2) is 0 Å². The van der Waals surface area contributed by atoms with Crippen molar-refractivity contribution < 1.29 is 4.74 Å². The Morgan fingerprint density at radius 3 is 2.74 bits per heavy atom. The van der Waals surface area contributed by atoms with Crippen LogP contribution in [0.5, 0.6) is 6.01 Å². The first-order valence-corrected chi connectivity index (χ1v) is 7.83. The molecule has 0 bridgehead atoms. The van der Waals surface area contributed by atoms with Gasteiger partial charge in [-0.25, -0.2) is 4.98 Å². The second-order valence-corrected chi connectivity index (χ2v) is 5.38. The summed E-state index contributed by atoms with van der Waals surface area (Å²) in [5.41, 5.74) is 1.22. The number of benzene rings is 1. The maximum absolute atomic E-state index is 5.06. The van der Waals surface area contributed by atoms with Crippen molar-refractivity contribution >= 4 is 17.7 Å². The summed E-state index contributed by atoms with van der Waals surface area (Å²) in [7, 11) is 3.22. The fourth-order valence-electron chi connectivity index (χ4n) is 1.78. The molecule has 3 aromatic rings. The van der Waals surface area contributed by atoms with Crippen LogP contribution in [0.1, 0.15) is 5.56 Å². The number of hydrogen-bond donors (Lipinski definition) is 1. The van der Waals surface area contributed by atoms with Gasteiger partial charge in [0, 0.05) is 12.8 Å². The molecule has 0 aliphatic carbocycles.